The average Bonchev–Trinajstić information content (AvgIpc) is 2.98. The van der Waals surface area contributed by atoms with Crippen LogP contribution < -0.4 is 5.32 Å². The normalized spacial score (nSPS) is 18.8. The van der Waals surface area contributed by atoms with Gasteiger partial charge in [-0.1, -0.05) is 6.42 Å². The molecule has 0 radical (unpaired) electrons. The third kappa shape index (κ3) is 4.77. The van der Waals surface area contributed by atoms with Gasteiger partial charge in [0.05, 0.1) is 12.0 Å². The summed E-state index contributed by atoms with van der Waals surface area (Å²) in [6.07, 6.45) is 6.60. The molecule has 2 fully saturated rings. The molecule has 0 unspecified atom stereocenters. The number of hydrogen-bond acceptors (Lipinski definition) is 4. The molecule has 2 aliphatic rings. The number of amides is 2. The van der Waals surface area contributed by atoms with Crippen LogP contribution in [0.2, 0.25) is 0 Å². The summed E-state index contributed by atoms with van der Waals surface area (Å²) in [4.78, 5) is 33.8. The second-order valence-corrected chi connectivity index (χ2v) is 8.14. The molecule has 2 heterocycles. The topological polar surface area (TPSA) is 78.1 Å². The van der Waals surface area contributed by atoms with Gasteiger partial charge in [0.25, 0.3) is 0 Å². The predicted molar refractivity (Wildman–Crippen MR) is 99.1 cm³/mol. The molecule has 0 atom stereocenters. The van der Waals surface area contributed by atoms with E-state index in [-0.39, 0.29) is 17.7 Å². The Morgan fingerprint density at radius 2 is 2.04 bits per heavy atom. The number of aryl methyl sites for hydroxylation is 1. The number of likely N-dealkylation sites (tertiary alicyclic amines) is 1. The SMILES string of the molecule is Cc1nc[nH]c1CSCCNC(=O)C1CCN(C(=O)C2CCC2)CC1. The molecular formula is C18H28N4O2S. The van der Waals surface area contributed by atoms with Crippen molar-refractivity contribution in [2.75, 3.05) is 25.4 Å². The minimum Gasteiger partial charge on any atom is -0.355 e. The molecule has 1 aromatic heterocycles. The quantitative estimate of drug-likeness (QED) is 0.727. The fourth-order valence-electron chi connectivity index (χ4n) is 3.38. The Morgan fingerprint density at radius 1 is 1.28 bits per heavy atom. The maximum Gasteiger partial charge on any atom is 0.225 e. The number of aromatic amines is 1. The highest BCUT2D eigenvalue weighted by atomic mass is 32.2. The number of piperidine rings is 1. The van der Waals surface area contributed by atoms with Gasteiger partial charge in [0.2, 0.25) is 11.8 Å². The van der Waals surface area contributed by atoms with E-state index in [4.69, 9.17) is 0 Å². The van der Waals surface area contributed by atoms with Crippen LogP contribution in [0.1, 0.15) is 43.5 Å². The number of thioether (sulfide) groups is 1. The molecule has 1 saturated heterocycles. The Balaban J connectivity index is 1.29. The number of aromatic nitrogens is 2. The first-order chi connectivity index (χ1) is 12.1. The van der Waals surface area contributed by atoms with Gasteiger partial charge in [0.15, 0.2) is 0 Å². The standard InChI is InChI=1S/C18H28N4O2S/c1-13-16(21-12-20-13)11-25-10-7-19-17(23)14-5-8-22(9-6-14)18(24)15-3-2-4-15/h12,14-15H,2-11H2,1H3,(H,19,23)(H,20,21). The number of rotatable bonds is 7. The van der Waals surface area contributed by atoms with Crippen LogP contribution in [-0.2, 0) is 15.3 Å². The molecule has 1 aliphatic carbocycles. The third-order valence-electron chi connectivity index (χ3n) is 5.36. The van der Waals surface area contributed by atoms with Crippen molar-refractivity contribution in [2.45, 2.75) is 44.8 Å². The molecule has 0 bridgehead atoms. The number of carbonyl (C=O) groups is 2. The lowest BCUT2D eigenvalue weighted by atomic mass is 9.83. The van der Waals surface area contributed by atoms with Crippen LogP contribution >= 0.6 is 11.8 Å². The third-order valence-corrected chi connectivity index (χ3v) is 6.34. The largest absolute Gasteiger partial charge is 0.355 e. The van der Waals surface area contributed by atoms with Gasteiger partial charge in [0.1, 0.15) is 0 Å². The Morgan fingerprint density at radius 3 is 2.64 bits per heavy atom. The van der Waals surface area contributed by atoms with Gasteiger partial charge >= 0.3 is 0 Å². The van der Waals surface area contributed by atoms with E-state index in [1.54, 1.807) is 18.1 Å². The first kappa shape index (κ1) is 18.3. The van der Waals surface area contributed by atoms with Gasteiger partial charge < -0.3 is 15.2 Å². The number of imidazole rings is 1. The zero-order valence-corrected chi connectivity index (χ0v) is 15.7. The molecule has 2 N–H and O–H groups in total. The Hall–Kier alpha value is -1.50. The highest BCUT2D eigenvalue weighted by molar-refractivity contribution is 7.98. The molecule has 25 heavy (non-hydrogen) atoms. The lowest BCUT2D eigenvalue weighted by Gasteiger charge is -2.36. The molecule has 1 aromatic rings. The molecule has 0 aromatic carbocycles. The van der Waals surface area contributed by atoms with E-state index < -0.39 is 0 Å². The van der Waals surface area contributed by atoms with Crippen LogP contribution in [0.5, 0.6) is 0 Å². The Kier molecular flexibility index (Phi) is 6.39. The minimum atomic E-state index is 0.0605. The van der Waals surface area contributed by atoms with Crippen LogP contribution in [0.4, 0.5) is 0 Å². The number of carbonyl (C=O) groups excluding carboxylic acids is 2. The summed E-state index contributed by atoms with van der Waals surface area (Å²) < 4.78 is 0. The van der Waals surface area contributed by atoms with Crippen molar-refractivity contribution in [1.29, 1.82) is 0 Å². The first-order valence-electron chi connectivity index (χ1n) is 9.28. The smallest absolute Gasteiger partial charge is 0.225 e. The second-order valence-electron chi connectivity index (χ2n) is 7.04. The van der Waals surface area contributed by atoms with Crippen molar-refractivity contribution < 1.29 is 9.59 Å². The van der Waals surface area contributed by atoms with Crippen LogP contribution in [0.3, 0.4) is 0 Å². The van der Waals surface area contributed by atoms with Crippen molar-refractivity contribution in [3.8, 4) is 0 Å². The molecule has 1 aliphatic heterocycles. The fourth-order valence-corrected chi connectivity index (χ4v) is 4.26. The van der Waals surface area contributed by atoms with E-state index >= 15 is 0 Å². The van der Waals surface area contributed by atoms with E-state index in [1.807, 2.05) is 11.8 Å². The molecule has 1 saturated carbocycles. The van der Waals surface area contributed by atoms with Crippen molar-refractivity contribution in [3.63, 3.8) is 0 Å². The molecule has 3 rings (SSSR count). The van der Waals surface area contributed by atoms with Crippen molar-refractivity contribution >= 4 is 23.6 Å². The van der Waals surface area contributed by atoms with Crippen LogP contribution in [0.25, 0.3) is 0 Å². The molecule has 6 nitrogen and oxygen atoms in total. The Bertz CT molecular complexity index is 592. The number of hydrogen-bond donors (Lipinski definition) is 2. The van der Waals surface area contributed by atoms with Gasteiger partial charge in [-0.3, -0.25) is 9.59 Å². The Labute approximate surface area is 153 Å². The van der Waals surface area contributed by atoms with Gasteiger partial charge in [0, 0.05) is 48.7 Å². The van der Waals surface area contributed by atoms with Crippen molar-refractivity contribution in [1.82, 2.24) is 20.2 Å². The summed E-state index contributed by atoms with van der Waals surface area (Å²) in [5.74, 6) is 2.57. The fraction of sp³-hybridized carbons (Fsp3) is 0.722. The van der Waals surface area contributed by atoms with E-state index in [9.17, 15) is 9.59 Å². The number of nitrogens with one attached hydrogen (secondary N) is 2. The van der Waals surface area contributed by atoms with Crippen LogP contribution in [0, 0.1) is 18.8 Å². The summed E-state index contributed by atoms with van der Waals surface area (Å²) in [7, 11) is 0. The highest BCUT2D eigenvalue weighted by Gasteiger charge is 2.33. The number of H-pyrrole nitrogens is 1. The van der Waals surface area contributed by atoms with Gasteiger partial charge in [-0.15, -0.1) is 0 Å². The molecule has 2 amide bonds. The summed E-state index contributed by atoms with van der Waals surface area (Å²) >= 11 is 1.79. The molecule has 7 heteroatoms. The summed E-state index contributed by atoms with van der Waals surface area (Å²) in [5, 5.41) is 3.05. The second kappa shape index (κ2) is 8.74. The van der Waals surface area contributed by atoms with Crippen LogP contribution in [-0.4, -0.2) is 52.1 Å². The van der Waals surface area contributed by atoms with Crippen molar-refractivity contribution in [3.05, 3.63) is 17.7 Å². The molecule has 0 spiro atoms. The maximum atomic E-state index is 12.3. The summed E-state index contributed by atoms with van der Waals surface area (Å²) in [6.45, 7) is 4.16. The molecule has 138 valence electrons. The van der Waals surface area contributed by atoms with Gasteiger partial charge in [-0.2, -0.15) is 11.8 Å². The van der Waals surface area contributed by atoms with E-state index in [0.717, 1.165) is 61.7 Å². The minimum absolute atomic E-state index is 0.0605. The number of nitrogens with zero attached hydrogens (tertiary/aromatic N) is 2. The maximum absolute atomic E-state index is 12.3. The predicted octanol–water partition coefficient (Wildman–Crippen LogP) is 2.11. The average molecular weight is 365 g/mol. The van der Waals surface area contributed by atoms with E-state index in [0.29, 0.717) is 12.5 Å². The first-order valence-corrected chi connectivity index (χ1v) is 10.4. The summed E-state index contributed by atoms with van der Waals surface area (Å²) in [5.41, 5.74) is 2.19. The van der Waals surface area contributed by atoms with Gasteiger partial charge in [-0.25, -0.2) is 4.98 Å². The molecular weight excluding hydrogens is 336 g/mol. The van der Waals surface area contributed by atoms with Crippen molar-refractivity contribution in [2.24, 2.45) is 11.8 Å². The highest BCUT2D eigenvalue weighted by Crippen LogP contribution is 2.30. The van der Waals surface area contributed by atoms with Gasteiger partial charge in [-0.05, 0) is 32.6 Å². The van der Waals surface area contributed by atoms with E-state index in [1.165, 1.54) is 6.42 Å². The zero-order valence-electron chi connectivity index (χ0n) is 14.9. The van der Waals surface area contributed by atoms with Crippen LogP contribution in [0.15, 0.2) is 6.33 Å². The summed E-state index contributed by atoms with van der Waals surface area (Å²) in [6, 6.07) is 0. The van der Waals surface area contributed by atoms with E-state index in [2.05, 4.69) is 15.3 Å². The lowest BCUT2D eigenvalue weighted by molar-refractivity contribution is -0.141. The monoisotopic (exact) mass is 364 g/mol. The zero-order chi connectivity index (χ0) is 17.6. The lowest BCUT2D eigenvalue weighted by Crippen LogP contribution is -2.46.